The Balaban J connectivity index is 1.44. The minimum Gasteiger partial charge on any atom is -0.368 e. The number of H-pyrrole nitrogens is 1. The molecular formula is C25H29FN4O2. The minimum absolute atomic E-state index is 0.109. The van der Waals surface area contributed by atoms with Crippen LogP contribution in [0, 0.1) is 26.6 Å². The molecule has 6 nitrogen and oxygen atoms in total. The maximum atomic E-state index is 14.1. The fraction of sp³-hybridized carbons (Fsp3) is 0.400. The number of halogens is 1. The van der Waals surface area contributed by atoms with Gasteiger partial charge < -0.3 is 9.64 Å². The first kappa shape index (κ1) is 22.1. The van der Waals surface area contributed by atoms with E-state index in [1.54, 1.807) is 12.1 Å². The number of rotatable bonds is 6. The lowest BCUT2D eigenvalue weighted by molar-refractivity contribution is -0.139. The van der Waals surface area contributed by atoms with Crippen molar-refractivity contribution in [2.24, 2.45) is 0 Å². The molecule has 3 aromatic rings. The van der Waals surface area contributed by atoms with E-state index in [1.165, 1.54) is 6.07 Å². The molecule has 1 aromatic carbocycles. The van der Waals surface area contributed by atoms with Gasteiger partial charge in [-0.2, -0.15) is 5.10 Å². The smallest absolute Gasteiger partial charge is 0.223 e. The van der Waals surface area contributed by atoms with E-state index in [0.717, 1.165) is 33.9 Å². The lowest BCUT2D eigenvalue weighted by Crippen LogP contribution is -2.42. The van der Waals surface area contributed by atoms with Crippen LogP contribution in [0.15, 0.2) is 36.4 Å². The van der Waals surface area contributed by atoms with Gasteiger partial charge in [-0.25, -0.2) is 4.39 Å². The third kappa shape index (κ3) is 5.05. The highest BCUT2D eigenvalue weighted by atomic mass is 19.1. The van der Waals surface area contributed by atoms with Gasteiger partial charge in [0.05, 0.1) is 24.5 Å². The Kier molecular flexibility index (Phi) is 6.65. The fourth-order valence-corrected chi connectivity index (χ4v) is 4.28. The van der Waals surface area contributed by atoms with Gasteiger partial charge >= 0.3 is 0 Å². The molecule has 1 aliphatic rings. The molecule has 0 spiro atoms. The number of ether oxygens (including phenoxy) is 1. The summed E-state index contributed by atoms with van der Waals surface area (Å²) < 4.78 is 20.1. The summed E-state index contributed by atoms with van der Waals surface area (Å²) in [5.41, 5.74) is 6.34. The first-order chi connectivity index (χ1) is 15.4. The first-order valence-corrected chi connectivity index (χ1v) is 11.0. The molecule has 1 N–H and O–H groups in total. The van der Waals surface area contributed by atoms with Crippen LogP contribution in [0.1, 0.15) is 52.0 Å². The fourth-order valence-electron chi connectivity index (χ4n) is 4.28. The number of hydrogen-bond donors (Lipinski definition) is 1. The summed E-state index contributed by atoms with van der Waals surface area (Å²) >= 11 is 0. The van der Waals surface area contributed by atoms with Gasteiger partial charge in [0.2, 0.25) is 5.91 Å². The number of benzene rings is 1. The monoisotopic (exact) mass is 436 g/mol. The number of aryl methyl sites for hydroxylation is 3. The molecule has 1 unspecified atom stereocenters. The van der Waals surface area contributed by atoms with Gasteiger partial charge in [0.15, 0.2) is 0 Å². The van der Waals surface area contributed by atoms with Gasteiger partial charge in [-0.3, -0.25) is 14.9 Å². The number of aromatic amines is 1. The highest BCUT2D eigenvalue weighted by Gasteiger charge is 2.27. The van der Waals surface area contributed by atoms with Crippen molar-refractivity contribution >= 4 is 5.91 Å². The van der Waals surface area contributed by atoms with Crippen molar-refractivity contribution in [2.75, 3.05) is 19.7 Å². The molecular weight excluding hydrogens is 407 g/mol. The van der Waals surface area contributed by atoms with E-state index in [2.05, 4.69) is 15.2 Å². The maximum absolute atomic E-state index is 14.1. The van der Waals surface area contributed by atoms with Crippen LogP contribution in [0.25, 0.3) is 0 Å². The summed E-state index contributed by atoms with van der Waals surface area (Å²) in [5.74, 6) is -0.102. The molecule has 0 bridgehead atoms. The highest BCUT2D eigenvalue weighted by molar-refractivity contribution is 5.76. The van der Waals surface area contributed by atoms with Crippen LogP contribution in [0.4, 0.5) is 4.39 Å². The SMILES string of the molecule is Cc1cc(Cc2ccccc2F)cc(C2CN(C(=O)CCc3c(C)n[nH]c3C)CCO2)n1. The third-order valence-corrected chi connectivity index (χ3v) is 6.00. The van der Waals surface area contributed by atoms with Crippen molar-refractivity contribution in [3.05, 3.63) is 81.7 Å². The Hall–Kier alpha value is -3.06. The Morgan fingerprint density at radius 1 is 1.25 bits per heavy atom. The molecule has 1 fully saturated rings. The van der Waals surface area contributed by atoms with Crippen LogP contribution in [-0.2, 0) is 22.4 Å². The molecule has 32 heavy (non-hydrogen) atoms. The average Bonchev–Trinajstić information content (AvgIpc) is 3.10. The van der Waals surface area contributed by atoms with E-state index < -0.39 is 0 Å². The number of carbonyl (C=O) groups is 1. The first-order valence-electron chi connectivity index (χ1n) is 11.0. The second kappa shape index (κ2) is 9.61. The topological polar surface area (TPSA) is 71.1 Å². The Labute approximate surface area is 187 Å². The van der Waals surface area contributed by atoms with Gasteiger partial charge in [-0.15, -0.1) is 0 Å². The van der Waals surface area contributed by atoms with Gasteiger partial charge in [-0.05, 0) is 62.1 Å². The van der Waals surface area contributed by atoms with Crippen LogP contribution in [0.5, 0.6) is 0 Å². The normalized spacial score (nSPS) is 16.4. The molecule has 0 saturated carbocycles. The van der Waals surface area contributed by atoms with Crippen molar-refractivity contribution < 1.29 is 13.9 Å². The molecule has 168 valence electrons. The molecule has 2 aromatic heterocycles. The van der Waals surface area contributed by atoms with E-state index in [4.69, 9.17) is 4.74 Å². The summed E-state index contributed by atoms with van der Waals surface area (Å²) in [6.45, 7) is 7.38. The van der Waals surface area contributed by atoms with Crippen LogP contribution < -0.4 is 0 Å². The van der Waals surface area contributed by atoms with Gasteiger partial charge in [0, 0.05) is 30.8 Å². The molecule has 7 heteroatoms. The zero-order valence-electron chi connectivity index (χ0n) is 18.8. The summed E-state index contributed by atoms with van der Waals surface area (Å²) in [7, 11) is 0. The van der Waals surface area contributed by atoms with Gasteiger partial charge in [0.25, 0.3) is 0 Å². The number of amides is 1. The zero-order chi connectivity index (χ0) is 22.7. The number of aromatic nitrogens is 3. The standard InChI is InChI=1S/C25H29FN4O2/c1-16-12-19(13-20-6-4-5-7-22(20)26)14-23(27-16)24-15-30(10-11-32-24)25(31)9-8-21-17(2)28-29-18(21)3/h4-7,12,14,24H,8-11,13,15H2,1-3H3,(H,28,29). The molecule has 1 amide bonds. The minimum atomic E-state index is -0.288. The van der Waals surface area contributed by atoms with Crippen molar-refractivity contribution in [3.63, 3.8) is 0 Å². The molecule has 1 saturated heterocycles. The van der Waals surface area contributed by atoms with Crippen molar-refractivity contribution in [1.82, 2.24) is 20.1 Å². The van der Waals surface area contributed by atoms with Crippen LogP contribution in [0.2, 0.25) is 0 Å². The third-order valence-electron chi connectivity index (χ3n) is 6.00. The van der Waals surface area contributed by atoms with E-state index in [0.29, 0.717) is 44.5 Å². The number of pyridine rings is 1. The maximum Gasteiger partial charge on any atom is 0.223 e. The zero-order valence-corrected chi connectivity index (χ0v) is 18.8. The molecule has 0 radical (unpaired) electrons. The largest absolute Gasteiger partial charge is 0.368 e. The predicted octanol–water partition coefficient (Wildman–Crippen LogP) is 3.99. The summed E-state index contributed by atoms with van der Waals surface area (Å²) in [5, 5.41) is 7.18. The summed E-state index contributed by atoms with van der Waals surface area (Å²) in [4.78, 5) is 19.4. The van der Waals surface area contributed by atoms with Crippen LogP contribution in [0.3, 0.4) is 0 Å². The lowest BCUT2D eigenvalue weighted by Gasteiger charge is -2.33. The second-order valence-electron chi connectivity index (χ2n) is 8.42. The van der Waals surface area contributed by atoms with Crippen LogP contribution >= 0.6 is 0 Å². The quantitative estimate of drug-likeness (QED) is 0.634. The van der Waals surface area contributed by atoms with E-state index in [1.807, 2.05) is 43.9 Å². The number of morpholine rings is 1. The van der Waals surface area contributed by atoms with Crippen molar-refractivity contribution in [3.8, 4) is 0 Å². The van der Waals surface area contributed by atoms with E-state index in [9.17, 15) is 9.18 Å². The highest BCUT2D eigenvalue weighted by Crippen LogP contribution is 2.24. The lowest BCUT2D eigenvalue weighted by atomic mass is 10.0. The van der Waals surface area contributed by atoms with Gasteiger partial charge in [0.1, 0.15) is 11.9 Å². The Morgan fingerprint density at radius 3 is 2.81 bits per heavy atom. The molecule has 4 rings (SSSR count). The second-order valence-corrected chi connectivity index (χ2v) is 8.42. The number of nitrogens with one attached hydrogen (secondary N) is 1. The molecule has 1 atom stereocenters. The Morgan fingerprint density at radius 2 is 2.06 bits per heavy atom. The number of carbonyl (C=O) groups excluding carboxylic acids is 1. The predicted molar refractivity (Wildman–Crippen MR) is 120 cm³/mol. The Bertz CT molecular complexity index is 1090. The van der Waals surface area contributed by atoms with Crippen molar-refractivity contribution in [2.45, 2.75) is 46.1 Å². The van der Waals surface area contributed by atoms with Crippen LogP contribution in [-0.4, -0.2) is 45.7 Å². The van der Waals surface area contributed by atoms with E-state index >= 15 is 0 Å². The number of hydrogen-bond acceptors (Lipinski definition) is 4. The van der Waals surface area contributed by atoms with E-state index in [-0.39, 0.29) is 17.8 Å². The summed E-state index contributed by atoms with van der Waals surface area (Å²) in [6.07, 6.45) is 1.31. The number of nitrogens with zero attached hydrogens (tertiary/aromatic N) is 3. The van der Waals surface area contributed by atoms with Gasteiger partial charge in [-0.1, -0.05) is 18.2 Å². The molecule has 3 heterocycles. The van der Waals surface area contributed by atoms with Crippen molar-refractivity contribution in [1.29, 1.82) is 0 Å². The average molecular weight is 437 g/mol. The summed E-state index contributed by atoms with van der Waals surface area (Å²) in [6, 6.07) is 10.7. The molecule has 0 aliphatic carbocycles. The molecule has 1 aliphatic heterocycles.